The van der Waals surface area contributed by atoms with E-state index in [1.807, 2.05) is 19.2 Å². The van der Waals surface area contributed by atoms with Crippen LogP contribution in [0.2, 0.25) is 0 Å². The fourth-order valence-electron chi connectivity index (χ4n) is 4.16. The molecule has 3 aromatic rings. The molecule has 3 heterocycles. The summed E-state index contributed by atoms with van der Waals surface area (Å²) in [6.45, 7) is 4.72. The van der Waals surface area contributed by atoms with E-state index in [1.54, 1.807) is 12.3 Å². The number of imidazole rings is 1. The number of nitrogens with zero attached hydrogens (tertiary/aromatic N) is 3. The average Bonchev–Trinajstić information content (AvgIpc) is 3.21. The Morgan fingerprint density at radius 2 is 1.90 bits per heavy atom. The van der Waals surface area contributed by atoms with E-state index in [0.717, 1.165) is 61.3 Å². The molecule has 4 nitrogen and oxygen atoms in total. The molecule has 1 aliphatic heterocycles. The smallest absolute Gasteiger partial charge is 0.348 e. The van der Waals surface area contributed by atoms with E-state index in [2.05, 4.69) is 20.9 Å². The quantitative estimate of drug-likeness (QED) is 0.632. The number of benzene rings is 1. The predicted octanol–water partition coefficient (Wildman–Crippen LogP) is 5.10. The van der Waals surface area contributed by atoms with Crippen LogP contribution < -0.4 is 0 Å². The van der Waals surface area contributed by atoms with Gasteiger partial charge in [0.25, 0.3) is 0 Å². The Hall–Kier alpha value is -2.67. The average molecular weight is 414 g/mol. The number of hydrogen-bond donors (Lipinski definition) is 1. The third-order valence-corrected chi connectivity index (χ3v) is 5.63. The highest BCUT2D eigenvalue weighted by molar-refractivity contribution is 5.33. The molecule has 0 atom stereocenters. The Morgan fingerprint density at radius 1 is 1.10 bits per heavy atom. The molecule has 0 unspecified atom stereocenters. The van der Waals surface area contributed by atoms with Crippen LogP contribution in [-0.2, 0) is 19.1 Å². The molecule has 0 radical (unpaired) electrons. The number of piperidine rings is 1. The minimum Gasteiger partial charge on any atom is -0.348 e. The number of rotatable bonds is 5. The van der Waals surface area contributed by atoms with Crippen molar-refractivity contribution < 1.29 is 13.2 Å². The molecule has 0 bridgehead atoms. The van der Waals surface area contributed by atoms with Crippen LogP contribution in [0.5, 0.6) is 0 Å². The standard InChI is InChI=1S/C23H25F3N4/c1-16-11-18(12-17-3-2-4-20(13-17)23(24,25)26)14-21(29-16)19-5-9-30(10-6-19)15-22-27-7-8-28-22/h2-4,7-8,11,13-14,19H,5-6,9-10,12,15H2,1H3,(H,27,28). The second-order valence-electron chi connectivity index (χ2n) is 8.00. The minimum absolute atomic E-state index is 0.373. The number of halogens is 3. The monoisotopic (exact) mass is 414 g/mol. The first kappa shape index (κ1) is 20.6. The first-order chi connectivity index (χ1) is 14.4. The van der Waals surface area contributed by atoms with E-state index < -0.39 is 11.7 Å². The number of hydrogen-bond acceptors (Lipinski definition) is 3. The van der Waals surface area contributed by atoms with Gasteiger partial charge in [-0.1, -0.05) is 18.2 Å². The Morgan fingerprint density at radius 3 is 2.60 bits per heavy atom. The van der Waals surface area contributed by atoms with Crippen LogP contribution in [0.1, 0.15) is 52.7 Å². The first-order valence-electron chi connectivity index (χ1n) is 10.2. The number of alkyl halides is 3. The number of pyridine rings is 1. The van der Waals surface area contributed by atoms with Gasteiger partial charge in [-0.25, -0.2) is 4.98 Å². The highest BCUT2D eigenvalue weighted by Crippen LogP contribution is 2.31. The van der Waals surface area contributed by atoms with Crippen LogP contribution in [0.4, 0.5) is 13.2 Å². The maximum Gasteiger partial charge on any atom is 0.416 e. The van der Waals surface area contributed by atoms with Gasteiger partial charge < -0.3 is 4.98 Å². The molecule has 0 amide bonds. The molecule has 0 saturated carbocycles. The molecular formula is C23H25F3N4. The Labute approximate surface area is 174 Å². The number of aromatic nitrogens is 3. The summed E-state index contributed by atoms with van der Waals surface area (Å²) in [6.07, 6.45) is 1.78. The number of aromatic amines is 1. The van der Waals surface area contributed by atoms with Crippen LogP contribution >= 0.6 is 0 Å². The Bertz CT molecular complexity index is 974. The molecule has 1 aromatic carbocycles. The van der Waals surface area contributed by atoms with E-state index in [9.17, 15) is 13.2 Å². The lowest BCUT2D eigenvalue weighted by Gasteiger charge is -2.31. The zero-order chi connectivity index (χ0) is 21.1. The Balaban J connectivity index is 1.44. The molecule has 1 N–H and O–H groups in total. The van der Waals surface area contributed by atoms with E-state index in [1.165, 1.54) is 12.1 Å². The summed E-state index contributed by atoms with van der Waals surface area (Å²) in [4.78, 5) is 14.6. The van der Waals surface area contributed by atoms with Crippen LogP contribution in [-0.4, -0.2) is 32.9 Å². The molecule has 4 rings (SSSR count). The molecule has 158 valence electrons. The molecule has 1 fully saturated rings. The van der Waals surface area contributed by atoms with Gasteiger partial charge in [0.1, 0.15) is 5.82 Å². The van der Waals surface area contributed by atoms with Crippen LogP contribution in [0.3, 0.4) is 0 Å². The van der Waals surface area contributed by atoms with Gasteiger partial charge in [0, 0.05) is 29.7 Å². The first-order valence-corrected chi connectivity index (χ1v) is 10.2. The van der Waals surface area contributed by atoms with E-state index in [-0.39, 0.29) is 0 Å². The number of aryl methyl sites for hydroxylation is 1. The van der Waals surface area contributed by atoms with Crippen molar-refractivity contribution in [2.45, 2.75) is 44.8 Å². The van der Waals surface area contributed by atoms with Crippen molar-refractivity contribution in [3.8, 4) is 0 Å². The van der Waals surface area contributed by atoms with Crippen LogP contribution in [0, 0.1) is 6.92 Å². The maximum absolute atomic E-state index is 13.0. The summed E-state index contributed by atoms with van der Waals surface area (Å²) in [6, 6.07) is 9.61. The van der Waals surface area contributed by atoms with E-state index in [0.29, 0.717) is 17.9 Å². The number of likely N-dealkylation sites (tertiary alicyclic amines) is 1. The summed E-state index contributed by atoms with van der Waals surface area (Å²) < 4.78 is 39.0. The van der Waals surface area contributed by atoms with Crippen molar-refractivity contribution in [2.75, 3.05) is 13.1 Å². The highest BCUT2D eigenvalue weighted by atomic mass is 19.4. The van der Waals surface area contributed by atoms with Crippen molar-refractivity contribution in [3.63, 3.8) is 0 Å². The summed E-state index contributed by atoms with van der Waals surface area (Å²) in [7, 11) is 0. The van der Waals surface area contributed by atoms with Crippen LogP contribution in [0.25, 0.3) is 0 Å². The Kier molecular flexibility index (Phi) is 5.90. The number of nitrogens with one attached hydrogen (secondary N) is 1. The SMILES string of the molecule is Cc1cc(Cc2cccc(C(F)(F)F)c2)cc(C2CCN(Cc3ncc[nH]3)CC2)n1. The van der Waals surface area contributed by atoms with E-state index >= 15 is 0 Å². The molecular weight excluding hydrogens is 389 g/mol. The minimum atomic E-state index is -4.32. The van der Waals surface area contributed by atoms with Gasteiger partial charge in [0.15, 0.2) is 0 Å². The molecule has 1 aliphatic rings. The fourth-order valence-corrected chi connectivity index (χ4v) is 4.16. The van der Waals surface area contributed by atoms with E-state index in [4.69, 9.17) is 4.98 Å². The third kappa shape index (κ3) is 5.08. The summed E-state index contributed by atoms with van der Waals surface area (Å²) in [5.41, 5.74) is 3.03. The molecule has 0 aliphatic carbocycles. The predicted molar refractivity (Wildman–Crippen MR) is 109 cm³/mol. The second kappa shape index (κ2) is 8.60. The van der Waals surface area contributed by atoms with Gasteiger partial charge in [0.2, 0.25) is 0 Å². The lowest BCUT2D eigenvalue weighted by Crippen LogP contribution is -2.33. The van der Waals surface area contributed by atoms with Crippen molar-refractivity contribution in [3.05, 3.63) is 82.7 Å². The molecule has 1 saturated heterocycles. The lowest BCUT2D eigenvalue weighted by atomic mass is 9.91. The summed E-state index contributed by atoms with van der Waals surface area (Å²) in [5, 5.41) is 0. The van der Waals surface area contributed by atoms with Crippen LogP contribution in [0.15, 0.2) is 48.8 Å². The normalized spacial score (nSPS) is 16.1. The zero-order valence-corrected chi connectivity index (χ0v) is 16.9. The van der Waals surface area contributed by atoms with Gasteiger partial charge in [-0.15, -0.1) is 0 Å². The van der Waals surface area contributed by atoms with Gasteiger partial charge >= 0.3 is 6.18 Å². The topological polar surface area (TPSA) is 44.8 Å². The molecule has 0 spiro atoms. The van der Waals surface area contributed by atoms with Gasteiger partial charge in [-0.05, 0) is 68.6 Å². The third-order valence-electron chi connectivity index (χ3n) is 5.63. The van der Waals surface area contributed by atoms with Crippen molar-refractivity contribution >= 4 is 0 Å². The summed E-state index contributed by atoms with van der Waals surface area (Å²) >= 11 is 0. The highest BCUT2D eigenvalue weighted by Gasteiger charge is 2.30. The molecule has 7 heteroatoms. The van der Waals surface area contributed by atoms with Crippen molar-refractivity contribution in [1.82, 2.24) is 19.9 Å². The zero-order valence-electron chi connectivity index (χ0n) is 16.9. The lowest BCUT2D eigenvalue weighted by molar-refractivity contribution is -0.137. The molecule has 30 heavy (non-hydrogen) atoms. The van der Waals surface area contributed by atoms with Gasteiger partial charge in [-0.2, -0.15) is 13.2 Å². The second-order valence-corrected chi connectivity index (χ2v) is 8.00. The summed E-state index contributed by atoms with van der Waals surface area (Å²) in [5.74, 6) is 1.35. The maximum atomic E-state index is 13.0. The van der Waals surface area contributed by atoms with Gasteiger partial charge in [-0.3, -0.25) is 9.88 Å². The van der Waals surface area contributed by atoms with Crippen molar-refractivity contribution in [2.24, 2.45) is 0 Å². The van der Waals surface area contributed by atoms with Crippen molar-refractivity contribution in [1.29, 1.82) is 0 Å². The largest absolute Gasteiger partial charge is 0.416 e. The number of H-pyrrole nitrogens is 1. The fraction of sp³-hybridized carbons (Fsp3) is 0.391. The molecule has 2 aromatic heterocycles. The van der Waals surface area contributed by atoms with Gasteiger partial charge in [0.05, 0.1) is 12.1 Å².